The van der Waals surface area contributed by atoms with Crippen LogP contribution in [0.25, 0.3) is 0 Å². The maximum Gasteiger partial charge on any atom is 0.256 e. The highest BCUT2D eigenvalue weighted by Gasteiger charge is 2.20. The minimum absolute atomic E-state index is 0.0350. The third kappa shape index (κ3) is 7.07. The molecule has 0 spiro atoms. The molecule has 2 amide bonds. The van der Waals surface area contributed by atoms with E-state index in [1.165, 1.54) is 12.1 Å². The van der Waals surface area contributed by atoms with Gasteiger partial charge in [0.05, 0.1) is 32.1 Å². The van der Waals surface area contributed by atoms with Crippen LogP contribution in [0.3, 0.4) is 0 Å². The van der Waals surface area contributed by atoms with Crippen molar-refractivity contribution in [2.45, 2.75) is 6.61 Å². The Kier molecular flexibility index (Phi) is 8.90. The Morgan fingerprint density at radius 2 is 1.76 bits per heavy atom. The van der Waals surface area contributed by atoms with Crippen LogP contribution in [0, 0.1) is 0 Å². The molecular weight excluding hydrogens is 378 g/mol. The molecule has 0 aliphatic rings. The number of ether oxygens (including phenoxy) is 3. The number of nitrogens with one attached hydrogen (secondary N) is 1. The smallest absolute Gasteiger partial charge is 0.256 e. The number of benzene rings is 2. The summed E-state index contributed by atoms with van der Waals surface area (Å²) < 4.78 is 16.0. The standard InChI is InChI=1S/C20H25N3O6/c21-8-9-27-10-11-28-13-17(24)23-15-6-7-16(18(19(15)25)20(22)26)29-12-14-4-2-1-3-5-14/h1-7,25H,8-13,21H2,(H2,22,26)(H,23,24)/p+1. The fourth-order valence-electron chi connectivity index (χ4n) is 2.44. The molecule has 29 heavy (non-hydrogen) atoms. The molecule has 0 aliphatic heterocycles. The van der Waals surface area contributed by atoms with Crippen molar-refractivity contribution in [3.8, 4) is 11.5 Å². The van der Waals surface area contributed by atoms with Gasteiger partial charge in [0.15, 0.2) is 5.75 Å². The summed E-state index contributed by atoms with van der Waals surface area (Å²) in [5.74, 6) is -1.71. The molecule has 0 aromatic heterocycles. The first kappa shape index (κ1) is 22.2. The lowest BCUT2D eigenvalue weighted by Crippen LogP contribution is -2.52. The Morgan fingerprint density at radius 1 is 1.03 bits per heavy atom. The van der Waals surface area contributed by atoms with Crippen LogP contribution in [-0.2, 0) is 20.9 Å². The van der Waals surface area contributed by atoms with Gasteiger partial charge in [-0.1, -0.05) is 30.3 Å². The largest absolute Gasteiger partial charge is 0.505 e. The van der Waals surface area contributed by atoms with E-state index in [1.54, 1.807) is 0 Å². The number of carbonyl (C=O) groups is 2. The van der Waals surface area contributed by atoms with E-state index in [0.717, 1.165) is 5.56 Å². The molecule has 0 bridgehead atoms. The second-order valence-electron chi connectivity index (χ2n) is 6.04. The third-order valence-electron chi connectivity index (χ3n) is 3.79. The van der Waals surface area contributed by atoms with Gasteiger partial charge in [-0.2, -0.15) is 0 Å². The van der Waals surface area contributed by atoms with E-state index in [-0.39, 0.29) is 36.8 Å². The van der Waals surface area contributed by atoms with Crippen molar-refractivity contribution in [1.82, 2.24) is 0 Å². The van der Waals surface area contributed by atoms with Gasteiger partial charge in [-0.25, -0.2) is 0 Å². The van der Waals surface area contributed by atoms with Crippen LogP contribution in [0.5, 0.6) is 11.5 Å². The monoisotopic (exact) mass is 404 g/mol. The fraction of sp³-hybridized carbons (Fsp3) is 0.300. The van der Waals surface area contributed by atoms with Crippen LogP contribution in [0.1, 0.15) is 15.9 Å². The molecule has 9 nitrogen and oxygen atoms in total. The van der Waals surface area contributed by atoms with Gasteiger partial charge in [-0.15, -0.1) is 0 Å². The van der Waals surface area contributed by atoms with Gasteiger partial charge >= 0.3 is 0 Å². The molecular formula is C20H26N3O6+. The Morgan fingerprint density at radius 3 is 2.45 bits per heavy atom. The van der Waals surface area contributed by atoms with Gasteiger partial charge in [0.2, 0.25) is 5.91 Å². The number of hydrogen-bond acceptors (Lipinski definition) is 6. The average Bonchev–Trinajstić information content (AvgIpc) is 2.71. The fourth-order valence-corrected chi connectivity index (χ4v) is 2.44. The summed E-state index contributed by atoms with van der Waals surface area (Å²) in [6.07, 6.45) is 0. The van der Waals surface area contributed by atoms with Gasteiger partial charge in [0.25, 0.3) is 5.91 Å². The Bertz CT molecular complexity index is 813. The van der Waals surface area contributed by atoms with Crippen molar-refractivity contribution in [2.75, 3.05) is 38.3 Å². The molecule has 9 heteroatoms. The van der Waals surface area contributed by atoms with Crippen molar-refractivity contribution >= 4 is 17.5 Å². The van der Waals surface area contributed by atoms with Crippen molar-refractivity contribution in [3.63, 3.8) is 0 Å². The molecule has 156 valence electrons. The number of primary amides is 1. The molecule has 7 N–H and O–H groups in total. The number of anilines is 1. The van der Waals surface area contributed by atoms with Crippen LogP contribution in [0.2, 0.25) is 0 Å². The molecule has 0 atom stereocenters. The molecule has 0 fully saturated rings. The topological polar surface area (TPSA) is 148 Å². The van der Waals surface area contributed by atoms with E-state index in [2.05, 4.69) is 11.1 Å². The van der Waals surface area contributed by atoms with Crippen molar-refractivity contribution < 1.29 is 34.6 Å². The average molecular weight is 404 g/mol. The number of aromatic hydroxyl groups is 1. The summed E-state index contributed by atoms with van der Waals surface area (Å²) in [5, 5.41) is 12.9. The highest BCUT2D eigenvalue weighted by molar-refractivity contribution is 6.02. The van der Waals surface area contributed by atoms with E-state index in [0.29, 0.717) is 19.8 Å². The van der Waals surface area contributed by atoms with Crippen LogP contribution < -0.4 is 21.5 Å². The Labute approximate surface area is 168 Å². The maximum absolute atomic E-state index is 12.0. The zero-order valence-electron chi connectivity index (χ0n) is 16.1. The molecule has 0 saturated heterocycles. The zero-order chi connectivity index (χ0) is 21.1. The van der Waals surface area contributed by atoms with Gasteiger partial charge in [0, 0.05) is 0 Å². The summed E-state index contributed by atoms with van der Waals surface area (Å²) >= 11 is 0. The Hall–Kier alpha value is -3.14. The van der Waals surface area contributed by atoms with Gasteiger partial charge in [-0.3, -0.25) is 9.59 Å². The highest BCUT2D eigenvalue weighted by Crippen LogP contribution is 2.35. The SMILES string of the molecule is NC(=O)c1c(OCc2ccccc2)ccc(NC(=O)COCCOCC[NH3+])c1O. The lowest BCUT2D eigenvalue weighted by molar-refractivity contribution is -0.374. The predicted molar refractivity (Wildman–Crippen MR) is 105 cm³/mol. The molecule has 2 aromatic rings. The van der Waals surface area contributed by atoms with E-state index in [9.17, 15) is 14.7 Å². The van der Waals surface area contributed by atoms with E-state index in [4.69, 9.17) is 19.9 Å². The van der Waals surface area contributed by atoms with Crippen LogP contribution in [0.4, 0.5) is 5.69 Å². The molecule has 0 saturated carbocycles. The van der Waals surface area contributed by atoms with Gasteiger partial charge in [0.1, 0.15) is 24.5 Å². The van der Waals surface area contributed by atoms with Gasteiger partial charge in [-0.05, 0) is 17.7 Å². The van der Waals surface area contributed by atoms with Crippen LogP contribution in [-0.4, -0.2) is 49.9 Å². The molecule has 0 heterocycles. The molecule has 2 aromatic carbocycles. The minimum Gasteiger partial charge on any atom is -0.505 e. The zero-order valence-corrected chi connectivity index (χ0v) is 16.1. The highest BCUT2D eigenvalue weighted by atomic mass is 16.5. The van der Waals surface area contributed by atoms with Crippen LogP contribution in [0.15, 0.2) is 42.5 Å². The molecule has 2 rings (SSSR count). The van der Waals surface area contributed by atoms with Crippen molar-refractivity contribution in [1.29, 1.82) is 0 Å². The summed E-state index contributed by atoms with van der Waals surface area (Å²) in [6.45, 7) is 1.75. The summed E-state index contributed by atoms with van der Waals surface area (Å²) in [7, 11) is 0. The number of amides is 2. The quantitative estimate of drug-likeness (QED) is 0.295. The maximum atomic E-state index is 12.0. The number of quaternary nitrogens is 1. The van der Waals surface area contributed by atoms with Gasteiger partial charge < -0.3 is 36.1 Å². The third-order valence-corrected chi connectivity index (χ3v) is 3.79. The van der Waals surface area contributed by atoms with Crippen LogP contribution >= 0.6 is 0 Å². The number of nitrogens with two attached hydrogens (primary N) is 1. The first-order chi connectivity index (χ1) is 14.0. The summed E-state index contributed by atoms with van der Waals surface area (Å²) in [6, 6.07) is 12.2. The molecule has 0 aliphatic carbocycles. The lowest BCUT2D eigenvalue weighted by Gasteiger charge is -2.14. The first-order valence-corrected chi connectivity index (χ1v) is 9.10. The number of carbonyl (C=O) groups excluding carboxylic acids is 2. The number of phenols is 1. The van der Waals surface area contributed by atoms with E-state index >= 15 is 0 Å². The molecule has 0 unspecified atom stereocenters. The first-order valence-electron chi connectivity index (χ1n) is 9.10. The van der Waals surface area contributed by atoms with Crippen molar-refractivity contribution in [2.24, 2.45) is 5.73 Å². The second kappa shape index (κ2) is 11.6. The normalized spacial score (nSPS) is 10.5. The Balaban J connectivity index is 1.98. The predicted octanol–water partition coefficient (Wildman–Crippen LogP) is 0.284. The second-order valence-corrected chi connectivity index (χ2v) is 6.04. The summed E-state index contributed by atoms with van der Waals surface area (Å²) in [5.41, 5.74) is 9.74. The van der Waals surface area contributed by atoms with E-state index < -0.39 is 17.6 Å². The number of hydrogen-bond donors (Lipinski definition) is 4. The van der Waals surface area contributed by atoms with E-state index in [1.807, 2.05) is 30.3 Å². The summed E-state index contributed by atoms with van der Waals surface area (Å²) in [4.78, 5) is 23.8. The molecule has 0 radical (unpaired) electrons. The number of rotatable bonds is 12. The van der Waals surface area contributed by atoms with Crippen molar-refractivity contribution in [3.05, 3.63) is 53.6 Å². The lowest BCUT2D eigenvalue weighted by atomic mass is 10.1. The minimum atomic E-state index is -0.875.